The van der Waals surface area contributed by atoms with Crippen molar-refractivity contribution in [2.24, 2.45) is 0 Å². The van der Waals surface area contributed by atoms with Gasteiger partial charge >= 0.3 is 0 Å². The Balaban J connectivity index is 1.67. The van der Waals surface area contributed by atoms with E-state index in [1.54, 1.807) is 9.80 Å². The SMILES string of the molecule is CC[C@@H](C)Oc1cccc(OCCC[NH+]2CC[NH+](C)CC2)c1. The average Bonchev–Trinajstić information content (AvgIpc) is 2.53. The number of quaternary nitrogens is 2. The molecule has 1 aliphatic heterocycles. The van der Waals surface area contributed by atoms with E-state index in [9.17, 15) is 0 Å². The molecule has 1 aliphatic rings. The first-order chi connectivity index (χ1) is 10.7. The molecule has 0 radical (unpaired) electrons. The largest absolute Gasteiger partial charge is 0.493 e. The zero-order valence-corrected chi connectivity index (χ0v) is 14.4. The van der Waals surface area contributed by atoms with Crippen molar-refractivity contribution in [2.75, 3.05) is 46.4 Å². The molecule has 1 atom stereocenters. The number of benzene rings is 1. The van der Waals surface area contributed by atoms with Crippen LogP contribution in [0.25, 0.3) is 0 Å². The summed E-state index contributed by atoms with van der Waals surface area (Å²) in [6.07, 6.45) is 2.38. The van der Waals surface area contributed by atoms with Crippen molar-refractivity contribution in [1.29, 1.82) is 0 Å². The number of likely N-dealkylation sites (N-methyl/N-ethyl adjacent to an activating group) is 1. The highest BCUT2D eigenvalue weighted by atomic mass is 16.5. The molecule has 2 rings (SSSR count). The summed E-state index contributed by atoms with van der Waals surface area (Å²) in [6.45, 7) is 11.4. The second-order valence-electron chi connectivity index (χ2n) is 6.47. The molecule has 0 saturated carbocycles. The molecule has 0 amide bonds. The second kappa shape index (κ2) is 9.01. The molecule has 1 heterocycles. The molecule has 0 unspecified atom stereocenters. The highest BCUT2D eigenvalue weighted by Crippen LogP contribution is 2.21. The maximum atomic E-state index is 5.88. The predicted octanol–water partition coefficient (Wildman–Crippen LogP) is 0.0460. The molecular weight excluding hydrogens is 276 g/mol. The van der Waals surface area contributed by atoms with Gasteiger partial charge in [-0.3, -0.25) is 0 Å². The van der Waals surface area contributed by atoms with Crippen LogP contribution in [0, 0.1) is 0 Å². The van der Waals surface area contributed by atoms with Crippen molar-refractivity contribution in [2.45, 2.75) is 32.8 Å². The maximum Gasteiger partial charge on any atom is 0.127 e. The van der Waals surface area contributed by atoms with Gasteiger partial charge in [0, 0.05) is 12.5 Å². The summed E-state index contributed by atoms with van der Waals surface area (Å²) >= 11 is 0. The Kier molecular flexibility index (Phi) is 7.00. The summed E-state index contributed by atoms with van der Waals surface area (Å²) < 4.78 is 11.7. The van der Waals surface area contributed by atoms with Crippen LogP contribution in [0.5, 0.6) is 11.5 Å². The first kappa shape index (κ1) is 17.1. The lowest BCUT2D eigenvalue weighted by atomic mass is 10.3. The van der Waals surface area contributed by atoms with Gasteiger partial charge in [0.05, 0.1) is 26.3 Å². The third-order valence-corrected chi connectivity index (χ3v) is 4.47. The van der Waals surface area contributed by atoms with Gasteiger partial charge in [-0.2, -0.15) is 0 Å². The van der Waals surface area contributed by atoms with Crippen LogP contribution in [0.15, 0.2) is 24.3 Å². The molecule has 22 heavy (non-hydrogen) atoms. The van der Waals surface area contributed by atoms with E-state index in [1.165, 1.54) is 32.7 Å². The fraction of sp³-hybridized carbons (Fsp3) is 0.667. The standard InChI is InChI=1S/C18H30N2O2/c1-4-16(2)22-18-8-5-7-17(15-18)21-14-6-9-20-12-10-19(3)11-13-20/h5,7-8,15-16H,4,6,9-14H2,1-3H3/p+2/t16-/m1/s1. The van der Waals surface area contributed by atoms with E-state index in [1.807, 2.05) is 24.3 Å². The average molecular weight is 308 g/mol. The van der Waals surface area contributed by atoms with Crippen LogP contribution in [0.1, 0.15) is 26.7 Å². The lowest BCUT2D eigenvalue weighted by Gasteiger charge is -2.27. The van der Waals surface area contributed by atoms with Gasteiger partial charge in [-0.15, -0.1) is 0 Å². The van der Waals surface area contributed by atoms with E-state index in [4.69, 9.17) is 9.47 Å². The Hall–Kier alpha value is -1.26. The van der Waals surface area contributed by atoms with Crippen molar-refractivity contribution >= 4 is 0 Å². The van der Waals surface area contributed by atoms with Crippen LogP contribution in [0.2, 0.25) is 0 Å². The van der Waals surface area contributed by atoms with E-state index < -0.39 is 0 Å². The molecule has 1 saturated heterocycles. The van der Waals surface area contributed by atoms with Crippen LogP contribution in [-0.2, 0) is 0 Å². The molecule has 0 aromatic heterocycles. The summed E-state index contributed by atoms with van der Waals surface area (Å²) in [6, 6.07) is 8.01. The third kappa shape index (κ3) is 5.85. The Bertz CT molecular complexity index is 431. The molecule has 0 spiro atoms. The fourth-order valence-corrected chi connectivity index (χ4v) is 2.75. The molecule has 4 nitrogen and oxygen atoms in total. The number of hydrogen-bond acceptors (Lipinski definition) is 2. The highest BCUT2D eigenvalue weighted by molar-refractivity contribution is 5.33. The monoisotopic (exact) mass is 308 g/mol. The van der Waals surface area contributed by atoms with Gasteiger partial charge in [-0.1, -0.05) is 13.0 Å². The molecule has 1 fully saturated rings. The van der Waals surface area contributed by atoms with Gasteiger partial charge in [-0.05, 0) is 25.5 Å². The number of piperazine rings is 1. The van der Waals surface area contributed by atoms with Gasteiger partial charge in [0.15, 0.2) is 0 Å². The molecule has 0 aliphatic carbocycles. The molecule has 1 aromatic carbocycles. The number of nitrogens with one attached hydrogen (secondary N) is 2. The summed E-state index contributed by atoms with van der Waals surface area (Å²) in [5.74, 6) is 1.82. The molecule has 4 heteroatoms. The van der Waals surface area contributed by atoms with Crippen molar-refractivity contribution in [3.05, 3.63) is 24.3 Å². The fourth-order valence-electron chi connectivity index (χ4n) is 2.75. The van der Waals surface area contributed by atoms with E-state index in [2.05, 4.69) is 20.9 Å². The minimum absolute atomic E-state index is 0.248. The Morgan fingerprint density at radius 3 is 2.59 bits per heavy atom. The van der Waals surface area contributed by atoms with Crippen molar-refractivity contribution in [3.63, 3.8) is 0 Å². The van der Waals surface area contributed by atoms with E-state index in [-0.39, 0.29) is 6.10 Å². The molecule has 0 bridgehead atoms. The zero-order chi connectivity index (χ0) is 15.8. The van der Waals surface area contributed by atoms with Crippen LogP contribution in [0.4, 0.5) is 0 Å². The van der Waals surface area contributed by atoms with Gasteiger partial charge < -0.3 is 19.3 Å². The van der Waals surface area contributed by atoms with Gasteiger partial charge in [-0.25, -0.2) is 0 Å². The maximum absolute atomic E-state index is 5.88. The Morgan fingerprint density at radius 1 is 1.14 bits per heavy atom. The van der Waals surface area contributed by atoms with Crippen molar-refractivity contribution < 1.29 is 19.3 Å². The van der Waals surface area contributed by atoms with Gasteiger partial charge in [0.2, 0.25) is 0 Å². The number of ether oxygens (including phenoxy) is 2. The van der Waals surface area contributed by atoms with E-state index >= 15 is 0 Å². The first-order valence-electron chi connectivity index (χ1n) is 8.71. The Morgan fingerprint density at radius 2 is 1.86 bits per heavy atom. The van der Waals surface area contributed by atoms with Crippen LogP contribution in [-0.4, -0.2) is 52.5 Å². The molecular formula is C18H32N2O2+2. The van der Waals surface area contributed by atoms with Gasteiger partial charge in [0.1, 0.15) is 37.7 Å². The van der Waals surface area contributed by atoms with Crippen molar-refractivity contribution in [3.8, 4) is 11.5 Å². The lowest BCUT2D eigenvalue weighted by molar-refractivity contribution is -1.00. The van der Waals surface area contributed by atoms with Crippen molar-refractivity contribution in [1.82, 2.24) is 0 Å². The summed E-state index contributed by atoms with van der Waals surface area (Å²) in [4.78, 5) is 3.39. The Labute approximate surface area is 135 Å². The number of rotatable bonds is 8. The smallest absolute Gasteiger partial charge is 0.127 e. The topological polar surface area (TPSA) is 27.3 Å². The van der Waals surface area contributed by atoms with E-state index in [0.717, 1.165) is 30.9 Å². The normalized spacial score (nSPS) is 23.0. The predicted molar refractivity (Wildman–Crippen MR) is 89.1 cm³/mol. The minimum Gasteiger partial charge on any atom is -0.493 e. The molecule has 1 aromatic rings. The highest BCUT2D eigenvalue weighted by Gasteiger charge is 2.18. The van der Waals surface area contributed by atoms with Crippen LogP contribution in [0.3, 0.4) is 0 Å². The summed E-state index contributed by atoms with van der Waals surface area (Å²) in [5, 5.41) is 0. The lowest BCUT2D eigenvalue weighted by Crippen LogP contribution is -3.27. The molecule has 2 N–H and O–H groups in total. The number of hydrogen-bond donors (Lipinski definition) is 2. The molecule has 124 valence electrons. The van der Waals surface area contributed by atoms with Crippen LogP contribution < -0.4 is 19.3 Å². The summed E-state index contributed by atoms with van der Waals surface area (Å²) in [5.41, 5.74) is 0. The van der Waals surface area contributed by atoms with E-state index in [0.29, 0.717) is 0 Å². The quantitative estimate of drug-likeness (QED) is 0.664. The first-order valence-corrected chi connectivity index (χ1v) is 8.71. The minimum atomic E-state index is 0.248. The zero-order valence-electron chi connectivity index (χ0n) is 14.4. The third-order valence-electron chi connectivity index (χ3n) is 4.47. The summed E-state index contributed by atoms with van der Waals surface area (Å²) in [7, 11) is 2.29. The van der Waals surface area contributed by atoms with Gasteiger partial charge in [0.25, 0.3) is 0 Å². The second-order valence-corrected chi connectivity index (χ2v) is 6.47. The van der Waals surface area contributed by atoms with Crippen LogP contribution >= 0.6 is 0 Å².